The molecule has 0 radical (unpaired) electrons. The maximum absolute atomic E-state index is 11.9. The van der Waals surface area contributed by atoms with Crippen molar-refractivity contribution in [2.45, 2.75) is 71.8 Å². The van der Waals surface area contributed by atoms with Crippen LogP contribution < -0.4 is 0 Å². The van der Waals surface area contributed by atoms with E-state index in [2.05, 4.69) is 18.8 Å². The summed E-state index contributed by atoms with van der Waals surface area (Å²) in [6, 6.07) is 0. The van der Waals surface area contributed by atoms with Crippen LogP contribution in [0.4, 0.5) is 0 Å². The quantitative estimate of drug-likeness (QED) is 0.652. The number of Topliss-reactive ketones (excluding diaryl/α,β-unsaturated/α-hetero) is 1. The highest BCUT2D eigenvalue weighted by atomic mass is 16.5. The standard InChI is InChI=1S/C18H30O2/c1-5-7-15(3)18(19)11-10-14(2)12-16-8-6-9-17(13-16)20-4/h14-17H,6,8-13H2,1-4H3/t14-,15?,16-,17-/m0/s1. The van der Waals surface area contributed by atoms with Gasteiger partial charge < -0.3 is 4.74 Å². The van der Waals surface area contributed by atoms with Crippen molar-refractivity contribution in [1.82, 2.24) is 0 Å². The Kier molecular flexibility index (Phi) is 7.92. The van der Waals surface area contributed by atoms with Crippen LogP contribution >= 0.6 is 0 Å². The fraction of sp³-hybridized carbons (Fsp3) is 0.833. The molecule has 0 bridgehead atoms. The Labute approximate surface area is 124 Å². The molecule has 1 saturated carbocycles. The van der Waals surface area contributed by atoms with Crippen LogP contribution in [0.25, 0.3) is 0 Å². The van der Waals surface area contributed by atoms with Crippen molar-refractivity contribution < 1.29 is 9.53 Å². The fourth-order valence-corrected chi connectivity index (χ4v) is 3.26. The highest BCUT2D eigenvalue weighted by Crippen LogP contribution is 2.31. The van der Waals surface area contributed by atoms with Crippen molar-refractivity contribution >= 4 is 5.78 Å². The van der Waals surface area contributed by atoms with E-state index in [1.165, 1.54) is 32.1 Å². The smallest absolute Gasteiger partial charge is 0.147 e. The monoisotopic (exact) mass is 278 g/mol. The van der Waals surface area contributed by atoms with E-state index in [0.29, 0.717) is 24.2 Å². The summed E-state index contributed by atoms with van der Waals surface area (Å²) < 4.78 is 5.49. The minimum Gasteiger partial charge on any atom is -0.381 e. The molecular weight excluding hydrogens is 248 g/mol. The van der Waals surface area contributed by atoms with E-state index in [4.69, 9.17) is 4.74 Å². The van der Waals surface area contributed by atoms with Crippen LogP contribution in [0.3, 0.4) is 0 Å². The molecule has 0 aromatic heterocycles. The van der Waals surface area contributed by atoms with Gasteiger partial charge in [-0.1, -0.05) is 25.7 Å². The highest BCUT2D eigenvalue weighted by Gasteiger charge is 2.23. The van der Waals surface area contributed by atoms with Crippen LogP contribution in [0.1, 0.15) is 65.7 Å². The van der Waals surface area contributed by atoms with E-state index in [0.717, 1.165) is 12.3 Å². The molecule has 114 valence electrons. The van der Waals surface area contributed by atoms with Gasteiger partial charge in [0.05, 0.1) is 12.0 Å². The van der Waals surface area contributed by atoms with Crippen molar-refractivity contribution in [3.05, 3.63) is 0 Å². The van der Waals surface area contributed by atoms with Gasteiger partial charge in [0.25, 0.3) is 0 Å². The molecule has 0 aromatic carbocycles. The number of rotatable bonds is 7. The van der Waals surface area contributed by atoms with E-state index >= 15 is 0 Å². The molecule has 1 aliphatic rings. The summed E-state index contributed by atoms with van der Waals surface area (Å²) in [6.45, 7) is 5.98. The predicted octanol–water partition coefficient (Wildman–Crippen LogP) is 4.23. The zero-order valence-electron chi connectivity index (χ0n) is 13.6. The number of carbonyl (C=O) groups is 1. The Bertz CT molecular complexity index is 350. The summed E-state index contributed by atoms with van der Waals surface area (Å²) in [7, 11) is 1.82. The molecule has 2 nitrogen and oxygen atoms in total. The predicted molar refractivity (Wildman–Crippen MR) is 83.4 cm³/mol. The number of hydrogen-bond acceptors (Lipinski definition) is 2. The van der Waals surface area contributed by atoms with Gasteiger partial charge in [-0.15, -0.1) is 5.92 Å². The molecule has 20 heavy (non-hydrogen) atoms. The van der Waals surface area contributed by atoms with Gasteiger partial charge in [-0.3, -0.25) is 4.79 Å². The topological polar surface area (TPSA) is 26.3 Å². The van der Waals surface area contributed by atoms with Gasteiger partial charge in [-0.25, -0.2) is 0 Å². The summed E-state index contributed by atoms with van der Waals surface area (Å²) in [5, 5.41) is 0. The molecule has 1 unspecified atom stereocenters. The Balaban J connectivity index is 2.27. The largest absolute Gasteiger partial charge is 0.381 e. The lowest BCUT2D eigenvalue weighted by molar-refractivity contribution is -0.121. The molecule has 4 atom stereocenters. The van der Waals surface area contributed by atoms with E-state index in [9.17, 15) is 4.79 Å². The summed E-state index contributed by atoms with van der Waals surface area (Å²) in [5.74, 6) is 7.38. The molecule has 0 aliphatic heterocycles. The Morgan fingerprint density at radius 2 is 2.10 bits per heavy atom. The fourth-order valence-electron chi connectivity index (χ4n) is 3.26. The third kappa shape index (κ3) is 6.09. The number of methoxy groups -OCH3 is 1. The van der Waals surface area contributed by atoms with Crippen LogP contribution in [0.15, 0.2) is 0 Å². The molecule has 2 heteroatoms. The lowest BCUT2D eigenvalue weighted by Crippen LogP contribution is -2.23. The molecule has 1 rings (SSSR count). The normalized spacial score (nSPS) is 25.4. The van der Waals surface area contributed by atoms with Crippen molar-refractivity contribution in [3.8, 4) is 11.8 Å². The third-order valence-corrected chi connectivity index (χ3v) is 4.53. The van der Waals surface area contributed by atoms with Crippen molar-refractivity contribution in [3.63, 3.8) is 0 Å². The molecule has 1 aliphatic carbocycles. The van der Waals surface area contributed by atoms with E-state index in [1.807, 2.05) is 14.0 Å². The minimum absolute atomic E-state index is 0.0975. The van der Waals surface area contributed by atoms with Gasteiger partial charge in [0.2, 0.25) is 0 Å². The molecule has 0 heterocycles. The first-order valence-corrected chi connectivity index (χ1v) is 8.04. The number of ether oxygens (including phenoxy) is 1. The molecule has 0 spiro atoms. The molecular formula is C18H30O2. The zero-order valence-corrected chi connectivity index (χ0v) is 13.6. The summed E-state index contributed by atoms with van der Waals surface area (Å²) in [6.07, 6.45) is 8.41. The number of carbonyl (C=O) groups excluding carboxylic acids is 1. The van der Waals surface area contributed by atoms with Crippen LogP contribution in [-0.2, 0) is 9.53 Å². The zero-order chi connectivity index (χ0) is 15.0. The number of hydrogen-bond donors (Lipinski definition) is 0. The van der Waals surface area contributed by atoms with Gasteiger partial charge in [0, 0.05) is 13.5 Å². The molecule has 1 fully saturated rings. The van der Waals surface area contributed by atoms with Gasteiger partial charge in [0.15, 0.2) is 0 Å². The third-order valence-electron chi connectivity index (χ3n) is 4.53. The Hall–Kier alpha value is -0.810. The average molecular weight is 278 g/mol. The number of ketones is 1. The maximum atomic E-state index is 11.9. The van der Waals surface area contributed by atoms with Gasteiger partial charge in [-0.05, 0) is 51.4 Å². The van der Waals surface area contributed by atoms with E-state index in [1.54, 1.807) is 6.92 Å². The second kappa shape index (κ2) is 9.19. The van der Waals surface area contributed by atoms with Gasteiger partial charge >= 0.3 is 0 Å². The van der Waals surface area contributed by atoms with Gasteiger partial charge in [-0.2, -0.15) is 0 Å². The van der Waals surface area contributed by atoms with Gasteiger partial charge in [0.1, 0.15) is 5.78 Å². The SMILES string of the molecule is CC#CC(C)C(=O)CC[C@H](C)C[C@@H]1CCC[C@H](OC)C1. The Morgan fingerprint density at radius 1 is 1.35 bits per heavy atom. The van der Waals surface area contributed by atoms with Crippen LogP contribution in [0.5, 0.6) is 0 Å². The van der Waals surface area contributed by atoms with Crippen molar-refractivity contribution in [2.75, 3.05) is 7.11 Å². The maximum Gasteiger partial charge on any atom is 0.147 e. The Morgan fingerprint density at radius 3 is 2.75 bits per heavy atom. The average Bonchev–Trinajstić information content (AvgIpc) is 2.45. The van der Waals surface area contributed by atoms with Crippen LogP contribution in [0.2, 0.25) is 0 Å². The van der Waals surface area contributed by atoms with E-state index in [-0.39, 0.29) is 5.92 Å². The molecule has 0 N–H and O–H groups in total. The first kappa shape index (κ1) is 17.2. The summed E-state index contributed by atoms with van der Waals surface area (Å²) in [5.41, 5.74) is 0. The van der Waals surface area contributed by atoms with Crippen molar-refractivity contribution in [1.29, 1.82) is 0 Å². The summed E-state index contributed by atoms with van der Waals surface area (Å²) in [4.78, 5) is 11.9. The molecule has 0 aromatic rings. The minimum atomic E-state index is -0.0975. The second-order valence-corrected chi connectivity index (χ2v) is 6.35. The summed E-state index contributed by atoms with van der Waals surface area (Å²) >= 11 is 0. The lowest BCUT2D eigenvalue weighted by Gasteiger charge is -2.30. The van der Waals surface area contributed by atoms with Crippen molar-refractivity contribution in [2.24, 2.45) is 17.8 Å². The molecule has 0 saturated heterocycles. The van der Waals surface area contributed by atoms with Crippen LogP contribution in [-0.4, -0.2) is 19.0 Å². The lowest BCUT2D eigenvalue weighted by atomic mass is 9.80. The second-order valence-electron chi connectivity index (χ2n) is 6.35. The molecule has 0 amide bonds. The van der Waals surface area contributed by atoms with E-state index < -0.39 is 0 Å². The first-order chi connectivity index (χ1) is 9.56. The highest BCUT2D eigenvalue weighted by molar-refractivity contribution is 5.83. The first-order valence-electron chi connectivity index (χ1n) is 8.04. The van der Waals surface area contributed by atoms with Crippen LogP contribution in [0, 0.1) is 29.6 Å².